The van der Waals surface area contributed by atoms with Gasteiger partial charge in [-0.25, -0.2) is 0 Å². The van der Waals surface area contributed by atoms with E-state index in [1.165, 1.54) is 37.9 Å². The predicted molar refractivity (Wildman–Crippen MR) is 69.1 cm³/mol. The summed E-state index contributed by atoms with van der Waals surface area (Å²) in [7, 11) is 1.72. The van der Waals surface area contributed by atoms with Crippen molar-refractivity contribution in [3.63, 3.8) is 0 Å². The lowest BCUT2D eigenvalue weighted by molar-refractivity contribution is 0.303. The smallest absolute Gasteiger partial charge is 0.118 e. The minimum atomic E-state index is 0.951. The first-order chi connectivity index (χ1) is 8.35. The molecule has 2 unspecified atom stereocenters. The second-order valence-corrected chi connectivity index (χ2v) is 5.49. The summed E-state index contributed by atoms with van der Waals surface area (Å²) in [5, 5.41) is 0. The van der Waals surface area contributed by atoms with Gasteiger partial charge in [-0.3, -0.25) is 4.90 Å². The quantitative estimate of drug-likeness (QED) is 0.793. The van der Waals surface area contributed by atoms with Crippen molar-refractivity contribution in [2.24, 2.45) is 11.8 Å². The fraction of sp³-hybridized carbons (Fsp3) is 0.600. The zero-order chi connectivity index (χ0) is 11.7. The zero-order valence-electron chi connectivity index (χ0n) is 10.6. The molecule has 1 aliphatic heterocycles. The van der Waals surface area contributed by atoms with E-state index in [0.29, 0.717) is 0 Å². The van der Waals surface area contributed by atoms with Crippen molar-refractivity contribution in [2.45, 2.75) is 25.8 Å². The average Bonchev–Trinajstić information content (AvgIpc) is 2.90. The Balaban J connectivity index is 1.59. The van der Waals surface area contributed by atoms with Gasteiger partial charge in [0.2, 0.25) is 0 Å². The molecule has 2 aliphatic rings. The molecular weight excluding hydrogens is 210 g/mol. The van der Waals surface area contributed by atoms with Gasteiger partial charge in [0.15, 0.2) is 0 Å². The van der Waals surface area contributed by atoms with E-state index in [9.17, 15) is 0 Å². The number of hydrogen-bond donors (Lipinski definition) is 0. The van der Waals surface area contributed by atoms with Gasteiger partial charge in [0.25, 0.3) is 0 Å². The van der Waals surface area contributed by atoms with E-state index >= 15 is 0 Å². The van der Waals surface area contributed by atoms with Gasteiger partial charge in [0, 0.05) is 19.6 Å². The monoisotopic (exact) mass is 231 g/mol. The highest BCUT2D eigenvalue weighted by Gasteiger charge is 2.35. The molecule has 2 atom stereocenters. The van der Waals surface area contributed by atoms with E-state index in [0.717, 1.165) is 24.1 Å². The van der Waals surface area contributed by atoms with Gasteiger partial charge in [-0.1, -0.05) is 18.6 Å². The summed E-state index contributed by atoms with van der Waals surface area (Å²) >= 11 is 0. The molecule has 2 nitrogen and oxygen atoms in total. The van der Waals surface area contributed by atoms with Gasteiger partial charge in [0.05, 0.1) is 7.11 Å². The summed E-state index contributed by atoms with van der Waals surface area (Å²) in [6.45, 7) is 3.74. The third kappa shape index (κ3) is 2.32. The molecule has 0 spiro atoms. The Kier molecular flexibility index (Phi) is 3.06. The van der Waals surface area contributed by atoms with Crippen LogP contribution in [0.3, 0.4) is 0 Å². The molecule has 1 aromatic carbocycles. The van der Waals surface area contributed by atoms with Crippen molar-refractivity contribution < 1.29 is 4.74 Å². The SMILES string of the molecule is COc1ccc(CN2CC3CCCC3C2)cc1. The van der Waals surface area contributed by atoms with Crippen LogP contribution in [0.1, 0.15) is 24.8 Å². The van der Waals surface area contributed by atoms with E-state index in [2.05, 4.69) is 29.2 Å². The zero-order valence-corrected chi connectivity index (χ0v) is 10.6. The second kappa shape index (κ2) is 4.69. The molecule has 1 aromatic rings. The standard InChI is InChI=1S/C15H21NO/c1-17-15-7-5-12(6-8-15)9-16-10-13-3-2-4-14(13)11-16/h5-8,13-14H,2-4,9-11H2,1H3. The molecule has 1 saturated carbocycles. The number of hydrogen-bond acceptors (Lipinski definition) is 2. The average molecular weight is 231 g/mol. The predicted octanol–water partition coefficient (Wildman–Crippen LogP) is 2.93. The molecule has 2 fully saturated rings. The molecule has 17 heavy (non-hydrogen) atoms. The fourth-order valence-electron chi connectivity index (χ4n) is 3.45. The van der Waals surface area contributed by atoms with Crippen LogP contribution < -0.4 is 4.74 Å². The third-order valence-corrected chi connectivity index (χ3v) is 4.37. The molecule has 0 N–H and O–H groups in total. The topological polar surface area (TPSA) is 12.5 Å². The van der Waals surface area contributed by atoms with Gasteiger partial charge >= 0.3 is 0 Å². The number of fused-ring (bicyclic) bond motifs is 1. The summed E-state index contributed by atoms with van der Waals surface area (Å²) in [4.78, 5) is 2.62. The maximum Gasteiger partial charge on any atom is 0.118 e. The largest absolute Gasteiger partial charge is 0.497 e. The molecule has 3 rings (SSSR count). The van der Waals surface area contributed by atoms with E-state index in [1.807, 2.05) is 0 Å². The van der Waals surface area contributed by atoms with Gasteiger partial charge < -0.3 is 4.74 Å². The van der Waals surface area contributed by atoms with Crippen molar-refractivity contribution in [3.8, 4) is 5.75 Å². The van der Waals surface area contributed by atoms with Crippen LogP contribution in [0, 0.1) is 11.8 Å². The summed E-state index contributed by atoms with van der Waals surface area (Å²) < 4.78 is 5.19. The van der Waals surface area contributed by atoms with Gasteiger partial charge in [-0.2, -0.15) is 0 Å². The molecule has 1 heterocycles. The van der Waals surface area contributed by atoms with Crippen molar-refractivity contribution in [1.29, 1.82) is 0 Å². The lowest BCUT2D eigenvalue weighted by Crippen LogP contribution is -2.20. The number of rotatable bonds is 3. The number of likely N-dealkylation sites (tertiary alicyclic amines) is 1. The maximum absolute atomic E-state index is 5.19. The minimum Gasteiger partial charge on any atom is -0.497 e. The van der Waals surface area contributed by atoms with E-state index in [4.69, 9.17) is 4.74 Å². The van der Waals surface area contributed by atoms with Crippen LogP contribution in [-0.2, 0) is 6.54 Å². The van der Waals surface area contributed by atoms with Crippen LogP contribution in [0.15, 0.2) is 24.3 Å². The maximum atomic E-state index is 5.19. The Morgan fingerprint density at radius 1 is 1.12 bits per heavy atom. The highest BCUT2D eigenvalue weighted by Crippen LogP contribution is 2.38. The second-order valence-electron chi connectivity index (χ2n) is 5.49. The van der Waals surface area contributed by atoms with Crippen molar-refractivity contribution >= 4 is 0 Å². The van der Waals surface area contributed by atoms with Gasteiger partial charge in [-0.15, -0.1) is 0 Å². The molecule has 2 heteroatoms. The Morgan fingerprint density at radius 3 is 2.35 bits per heavy atom. The van der Waals surface area contributed by atoms with Crippen LogP contribution >= 0.6 is 0 Å². The Morgan fingerprint density at radius 2 is 1.76 bits per heavy atom. The van der Waals surface area contributed by atoms with Crippen molar-refractivity contribution in [3.05, 3.63) is 29.8 Å². The first kappa shape index (κ1) is 11.1. The molecule has 0 bridgehead atoms. The molecule has 1 aliphatic carbocycles. The van der Waals surface area contributed by atoms with Gasteiger partial charge in [0.1, 0.15) is 5.75 Å². The summed E-state index contributed by atoms with van der Waals surface area (Å²) in [6, 6.07) is 8.50. The van der Waals surface area contributed by atoms with Crippen LogP contribution in [-0.4, -0.2) is 25.1 Å². The molecule has 92 valence electrons. The first-order valence-corrected chi connectivity index (χ1v) is 6.70. The highest BCUT2D eigenvalue weighted by atomic mass is 16.5. The minimum absolute atomic E-state index is 0.951. The number of nitrogens with zero attached hydrogens (tertiary/aromatic N) is 1. The number of ether oxygens (including phenoxy) is 1. The lowest BCUT2D eigenvalue weighted by Gasteiger charge is -2.16. The molecular formula is C15H21NO. The Bertz CT molecular complexity index is 361. The molecule has 1 saturated heterocycles. The normalized spacial score (nSPS) is 28.3. The first-order valence-electron chi connectivity index (χ1n) is 6.70. The van der Waals surface area contributed by atoms with Crippen LogP contribution in [0.25, 0.3) is 0 Å². The van der Waals surface area contributed by atoms with Crippen LogP contribution in [0.2, 0.25) is 0 Å². The van der Waals surface area contributed by atoms with Gasteiger partial charge in [-0.05, 0) is 42.4 Å². The summed E-state index contributed by atoms with van der Waals surface area (Å²) in [6.07, 6.45) is 4.39. The Hall–Kier alpha value is -1.02. The van der Waals surface area contributed by atoms with E-state index in [-0.39, 0.29) is 0 Å². The molecule has 0 radical (unpaired) electrons. The summed E-state index contributed by atoms with van der Waals surface area (Å²) in [5.41, 5.74) is 1.41. The van der Waals surface area contributed by atoms with Crippen LogP contribution in [0.4, 0.5) is 0 Å². The van der Waals surface area contributed by atoms with Crippen molar-refractivity contribution in [1.82, 2.24) is 4.90 Å². The summed E-state index contributed by atoms with van der Waals surface area (Å²) in [5.74, 6) is 2.94. The molecule has 0 aromatic heterocycles. The highest BCUT2D eigenvalue weighted by molar-refractivity contribution is 5.27. The fourth-order valence-corrected chi connectivity index (χ4v) is 3.45. The molecule has 0 amide bonds. The van der Waals surface area contributed by atoms with Crippen LogP contribution in [0.5, 0.6) is 5.75 Å². The Labute approximate surface area is 104 Å². The van der Waals surface area contributed by atoms with Crippen molar-refractivity contribution in [2.75, 3.05) is 20.2 Å². The van der Waals surface area contributed by atoms with E-state index < -0.39 is 0 Å². The lowest BCUT2D eigenvalue weighted by atomic mass is 10.0. The number of methoxy groups -OCH3 is 1. The van der Waals surface area contributed by atoms with E-state index in [1.54, 1.807) is 7.11 Å². The number of benzene rings is 1. The third-order valence-electron chi connectivity index (χ3n) is 4.37.